The molecule has 1 N–H and O–H groups in total. The van der Waals surface area contributed by atoms with Gasteiger partial charge in [-0.1, -0.05) is 6.07 Å². The van der Waals surface area contributed by atoms with Gasteiger partial charge in [0.15, 0.2) is 0 Å². The monoisotopic (exact) mass is 376 g/mol. The molecule has 5 nitrogen and oxygen atoms in total. The molecule has 0 unspecified atom stereocenters. The third-order valence-electron chi connectivity index (χ3n) is 4.85. The summed E-state index contributed by atoms with van der Waals surface area (Å²) < 4.78 is 25.2. The summed E-state index contributed by atoms with van der Waals surface area (Å²) in [6.07, 6.45) is 2.05. The average molecular weight is 376 g/mol. The topological polar surface area (TPSA) is 50.8 Å². The number of carbonyl (C=O) groups excluding carboxylic acids is 1. The molecule has 1 fully saturated rings. The largest absolute Gasteiger partial charge is 0.462 e. The molecule has 3 heterocycles. The summed E-state index contributed by atoms with van der Waals surface area (Å²) in [6, 6.07) is 8.53. The van der Waals surface area contributed by atoms with Crippen LogP contribution in [0.2, 0.25) is 0 Å². The maximum atomic E-state index is 13.3. The Balaban J connectivity index is 1.28. The van der Waals surface area contributed by atoms with E-state index in [0.717, 1.165) is 12.0 Å². The fourth-order valence-corrected chi connectivity index (χ4v) is 4.06. The lowest BCUT2D eigenvalue weighted by Crippen LogP contribution is -2.54. The predicted molar refractivity (Wildman–Crippen MR) is 96.8 cm³/mol. The van der Waals surface area contributed by atoms with E-state index >= 15 is 0 Å². The number of amides is 2. The Morgan fingerprint density at radius 1 is 1.31 bits per heavy atom. The Bertz CT molecular complexity index is 773. The molecule has 1 spiro atoms. The van der Waals surface area contributed by atoms with E-state index in [1.54, 1.807) is 22.3 Å². The molecule has 4 rings (SSSR count). The van der Waals surface area contributed by atoms with Gasteiger partial charge in [0.05, 0.1) is 6.61 Å². The van der Waals surface area contributed by atoms with Crippen molar-refractivity contribution in [2.24, 2.45) is 0 Å². The second-order valence-electron chi connectivity index (χ2n) is 6.60. The van der Waals surface area contributed by atoms with E-state index in [1.807, 2.05) is 11.4 Å². The summed E-state index contributed by atoms with van der Waals surface area (Å²) in [6.45, 7) is 2.11. The molecule has 138 valence electrons. The summed E-state index contributed by atoms with van der Waals surface area (Å²) in [4.78, 5) is 15.4. The van der Waals surface area contributed by atoms with Gasteiger partial charge in [-0.3, -0.25) is 0 Å². The Hall–Kier alpha value is -2.12. The summed E-state index contributed by atoms with van der Waals surface area (Å²) in [5.74, 6) is -0.328. The van der Waals surface area contributed by atoms with Gasteiger partial charge >= 0.3 is 6.03 Å². The van der Waals surface area contributed by atoms with Crippen LogP contribution in [0.5, 0.6) is 5.75 Å². The first-order chi connectivity index (χ1) is 12.6. The molecule has 1 saturated heterocycles. The molecule has 0 radical (unpaired) electrons. The fourth-order valence-electron chi connectivity index (χ4n) is 3.36. The first-order valence-corrected chi connectivity index (χ1v) is 9.68. The summed E-state index contributed by atoms with van der Waals surface area (Å²) in [7, 11) is 0. The number of hydrogen-bond acceptors (Lipinski definition) is 4. The van der Waals surface area contributed by atoms with Gasteiger partial charge in [0.2, 0.25) is 5.79 Å². The number of thiophene rings is 1. The van der Waals surface area contributed by atoms with Crippen LogP contribution in [0.15, 0.2) is 35.7 Å². The second-order valence-corrected chi connectivity index (χ2v) is 7.63. The lowest BCUT2D eigenvalue weighted by atomic mass is 10.0. The average Bonchev–Trinajstić information content (AvgIpc) is 3.16. The van der Waals surface area contributed by atoms with Gasteiger partial charge in [-0.15, -0.1) is 11.3 Å². The Morgan fingerprint density at radius 2 is 2.15 bits per heavy atom. The SMILES string of the molecule is O=C(NCCc1cccs1)N1CCC2(CC1)OCc1cc(F)ccc1O2. The highest BCUT2D eigenvalue weighted by Gasteiger charge is 2.41. The number of nitrogens with zero attached hydrogens (tertiary/aromatic N) is 1. The minimum absolute atomic E-state index is 0.0466. The van der Waals surface area contributed by atoms with Crippen LogP contribution < -0.4 is 10.1 Å². The van der Waals surface area contributed by atoms with E-state index in [2.05, 4.69) is 11.4 Å². The van der Waals surface area contributed by atoms with Crippen molar-refractivity contribution < 1.29 is 18.7 Å². The van der Waals surface area contributed by atoms with E-state index < -0.39 is 5.79 Å². The number of urea groups is 1. The van der Waals surface area contributed by atoms with Crippen LogP contribution in [-0.2, 0) is 17.8 Å². The van der Waals surface area contributed by atoms with Crippen molar-refractivity contribution in [1.29, 1.82) is 0 Å². The number of ether oxygens (including phenoxy) is 2. The van der Waals surface area contributed by atoms with Crippen LogP contribution in [0.3, 0.4) is 0 Å². The zero-order valence-electron chi connectivity index (χ0n) is 14.4. The number of carbonyl (C=O) groups is 1. The van der Waals surface area contributed by atoms with Gasteiger partial charge in [0, 0.05) is 42.9 Å². The van der Waals surface area contributed by atoms with Crippen molar-refractivity contribution >= 4 is 17.4 Å². The molecule has 2 aliphatic rings. The number of fused-ring (bicyclic) bond motifs is 1. The van der Waals surface area contributed by atoms with Crippen molar-refractivity contribution in [2.75, 3.05) is 19.6 Å². The first-order valence-electron chi connectivity index (χ1n) is 8.80. The number of benzene rings is 1. The van der Waals surface area contributed by atoms with Crippen molar-refractivity contribution in [3.8, 4) is 5.75 Å². The van der Waals surface area contributed by atoms with Crippen LogP contribution in [0.25, 0.3) is 0 Å². The van der Waals surface area contributed by atoms with Gasteiger partial charge in [-0.05, 0) is 36.1 Å². The van der Waals surface area contributed by atoms with Gasteiger partial charge < -0.3 is 19.7 Å². The quantitative estimate of drug-likeness (QED) is 0.891. The number of rotatable bonds is 3. The van der Waals surface area contributed by atoms with Crippen LogP contribution in [0, 0.1) is 5.82 Å². The van der Waals surface area contributed by atoms with Gasteiger partial charge in [-0.2, -0.15) is 0 Å². The minimum Gasteiger partial charge on any atom is -0.462 e. The zero-order valence-corrected chi connectivity index (χ0v) is 15.2. The van der Waals surface area contributed by atoms with Crippen LogP contribution in [0.1, 0.15) is 23.3 Å². The standard InChI is InChI=1S/C19H21FN2O3S/c20-15-3-4-17-14(12-15)13-24-19(25-17)6-9-22(10-7-19)18(23)21-8-5-16-2-1-11-26-16/h1-4,11-12H,5-10,13H2,(H,21,23). The van der Waals surface area contributed by atoms with Crippen molar-refractivity contribution in [1.82, 2.24) is 10.2 Å². The predicted octanol–water partition coefficient (Wildman–Crippen LogP) is 3.54. The number of likely N-dealkylation sites (tertiary alicyclic amines) is 1. The van der Waals surface area contributed by atoms with Crippen LogP contribution in [0.4, 0.5) is 9.18 Å². The molecule has 0 aliphatic carbocycles. The second kappa shape index (κ2) is 7.25. The molecule has 1 aromatic carbocycles. The number of nitrogens with one attached hydrogen (secondary N) is 1. The first kappa shape index (κ1) is 17.3. The number of halogens is 1. The molecule has 2 amide bonds. The van der Waals surface area contributed by atoms with Crippen LogP contribution in [-0.4, -0.2) is 36.4 Å². The highest BCUT2D eigenvalue weighted by molar-refractivity contribution is 7.09. The molecule has 0 saturated carbocycles. The lowest BCUT2D eigenvalue weighted by Gasteiger charge is -2.43. The lowest BCUT2D eigenvalue weighted by molar-refractivity contribution is -0.225. The Morgan fingerprint density at radius 3 is 2.92 bits per heavy atom. The molecule has 0 atom stereocenters. The summed E-state index contributed by atoms with van der Waals surface area (Å²) in [5, 5.41) is 5.01. The van der Waals surface area contributed by atoms with Crippen molar-refractivity contribution in [3.63, 3.8) is 0 Å². The molecule has 26 heavy (non-hydrogen) atoms. The maximum Gasteiger partial charge on any atom is 0.317 e. The summed E-state index contributed by atoms with van der Waals surface area (Å²) >= 11 is 1.70. The Kier molecular flexibility index (Phi) is 4.82. The van der Waals surface area contributed by atoms with E-state index in [1.165, 1.54) is 17.0 Å². The molecule has 2 aromatic rings. The van der Waals surface area contributed by atoms with E-state index in [4.69, 9.17) is 9.47 Å². The van der Waals surface area contributed by atoms with Gasteiger partial charge in [-0.25, -0.2) is 9.18 Å². The van der Waals surface area contributed by atoms with Crippen LogP contribution >= 0.6 is 11.3 Å². The molecule has 0 bridgehead atoms. The fraction of sp³-hybridized carbons (Fsp3) is 0.421. The summed E-state index contributed by atoms with van der Waals surface area (Å²) in [5.41, 5.74) is 0.726. The van der Waals surface area contributed by atoms with E-state index in [-0.39, 0.29) is 11.8 Å². The van der Waals surface area contributed by atoms with E-state index in [0.29, 0.717) is 44.8 Å². The molecule has 2 aliphatic heterocycles. The normalized spacial score (nSPS) is 18.3. The molecule has 7 heteroatoms. The smallest absolute Gasteiger partial charge is 0.317 e. The molecule has 1 aromatic heterocycles. The number of hydrogen-bond donors (Lipinski definition) is 1. The molecular formula is C19H21FN2O3S. The maximum absolute atomic E-state index is 13.3. The third kappa shape index (κ3) is 3.68. The van der Waals surface area contributed by atoms with Crippen molar-refractivity contribution in [3.05, 3.63) is 52.0 Å². The molecular weight excluding hydrogens is 355 g/mol. The zero-order chi connectivity index (χ0) is 18.0. The van der Waals surface area contributed by atoms with Gasteiger partial charge in [0.25, 0.3) is 0 Å². The van der Waals surface area contributed by atoms with Crippen molar-refractivity contribution in [2.45, 2.75) is 31.7 Å². The highest BCUT2D eigenvalue weighted by Crippen LogP contribution is 2.37. The minimum atomic E-state index is -0.710. The van der Waals surface area contributed by atoms with E-state index in [9.17, 15) is 9.18 Å². The third-order valence-corrected chi connectivity index (χ3v) is 5.79. The van der Waals surface area contributed by atoms with Gasteiger partial charge in [0.1, 0.15) is 11.6 Å². The highest BCUT2D eigenvalue weighted by atomic mass is 32.1. The number of piperidine rings is 1. The Labute approximate surface area is 155 Å².